The van der Waals surface area contributed by atoms with E-state index < -0.39 is 9.84 Å². The molecule has 1 aliphatic rings. The average Bonchev–Trinajstić information content (AvgIpc) is 3.11. The third kappa shape index (κ3) is 10.3. The minimum absolute atomic E-state index is 0. The first kappa shape index (κ1) is 25.5. The smallest absolute Gasteiger partial charge is 0.194 e. The zero-order chi connectivity index (χ0) is 19.5. The molecule has 160 valence electrons. The number of ether oxygens (including phenoxy) is 1. The highest BCUT2D eigenvalue weighted by Gasteiger charge is 2.24. The Hall–Kier alpha value is -0.520. The van der Waals surface area contributed by atoms with Crippen molar-refractivity contribution in [3.05, 3.63) is 30.3 Å². The van der Waals surface area contributed by atoms with Gasteiger partial charge in [-0.15, -0.1) is 35.7 Å². The molecule has 0 saturated carbocycles. The van der Waals surface area contributed by atoms with Crippen LogP contribution in [0.4, 0.5) is 0 Å². The zero-order valence-electron chi connectivity index (χ0n) is 16.7. The quantitative estimate of drug-likeness (QED) is 0.162. The molecule has 6 nitrogen and oxygen atoms in total. The lowest BCUT2D eigenvalue weighted by Crippen LogP contribution is -2.40. The fraction of sp³-hybridized carbons (Fsp3) is 0.632. The molecule has 2 rings (SSSR count). The predicted octanol–water partition coefficient (Wildman–Crippen LogP) is 2.75. The molecule has 1 N–H and O–H groups in total. The van der Waals surface area contributed by atoms with Gasteiger partial charge in [0.05, 0.1) is 25.5 Å². The third-order valence-electron chi connectivity index (χ3n) is 4.24. The molecular formula is C19H32IN3O3S2. The molecule has 1 aromatic rings. The van der Waals surface area contributed by atoms with E-state index in [1.165, 1.54) is 17.6 Å². The number of halogens is 1. The molecule has 28 heavy (non-hydrogen) atoms. The van der Waals surface area contributed by atoms with E-state index in [0.29, 0.717) is 19.1 Å². The van der Waals surface area contributed by atoms with Gasteiger partial charge in [0.25, 0.3) is 0 Å². The highest BCUT2D eigenvalue weighted by molar-refractivity contribution is 14.0. The second kappa shape index (κ2) is 13.7. The first-order chi connectivity index (χ1) is 13.0. The molecule has 1 unspecified atom stereocenters. The lowest BCUT2D eigenvalue weighted by molar-refractivity contribution is 0.157. The molecule has 1 aliphatic heterocycles. The number of aliphatic imine (C=N–C) groups is 1. The Kier molecular flexibility index (Phi) is 12.4. The molecule has 1 fully saturated rings. The maximum atomic E-state index is 11.1. The molecule has 1 atom stereocenters. The van der Waals surface area contributed by atoms with Crippen LogP contribution in [0, 0.1) is 5.92 Å². The Morgan fingerprint density at radius 1 is 1.32 bits per heavy atom. The number of thioether (sulfide) groups is 1. The van der Waals surface area contributed by atoms with Gasteiger partial charge in [-0.1, -0.05) is 18.2 Å². The molecule has 0 aromatic heterocycles. The van der Waals surface area contributed by atoms with Crippen molar-refractivity contribution in [2.75, 3.05) is 57.2 Å². The number of hydrogen-bond acceptors (Lipinski definition) is 5. The summed E-state index contributed by atoms with van der Waals surface area (Å²) in [5.41, 5.74) is 0. The largest absolute Gasteiger partial charge is 0.378 e. The highest BCUT2D eigenvalue weighted by Crippen LogP contribution is 2.25. The Balaban J connectivity index is 0.00000392. The number of hydrogen-bond donors (Lipinski definition) is 1. The summed E-state index contributed by atoms with van der Waals surface area (Å²) in [5.74, 6) is 2.76. The van der Waals surface area contributed by atoms with E-state index in [1.807, 2.05) is 17.8 Å². The predicted molar refractivity (Wildman–Crippen MR) is 129 cm³/mol. The van der Waals surface area contributed by atoms with Crippen LogP contribution in [0.5, 0.6) is 0 Å². The van der Waals surface area contributed by atoms with Crippen LogP contribution in [0.3, 0.4) is 0 Å². The number of benzene rings is 1. The van der Waals surface area contributed by atoms with Gasteiger partial charge >= 0.3 is 0 Å². The molecule has 0 spiro atoms. The van der Waals surface area contributed by atoms with Gasteiger partial charge in [-0.2, -0.15) is 0 Å². The summed E-state index contributed by atoms with van der Waals surface area (Å²) in [6, 6.07) is 10.5. The van der Waals surface area contributed by atoms with Gasteiger partial charge < -0.3 is 15.0 Å². The van der Waals surface area contributed by atoms with Crippen molar-refractivity contribution >= 4 is 51.5 Å². The summed E-state index contributed by atoms with van der Waals surface area (Å²) in [6.07, 6.45) is 2.40. The number of rotatable bonds is 10. The lowest BCUT2D eigenvalue weighted by atomic mass is 10.2. The maximum absolute atomic E-state index is 11.1. The lowest BCUT2D eigenvalue weighted by Gasteiger charge is -2.21. The molecule has 1 heterocycles. The second-order valence-corrected chi connectivity index (χ2v) is 10.1. The summed E-state index contributed by atoms with van der Waals surface area (Å²) >= 11 is 1.92. The van der Waals surface area contributed by atoms with Crippen molar-refractivity contribution in [1.82, 2.24) is 10.2 Å². The van der Waals surface area contributed by atoms with Gasteiger partial charge in [0, 0.05) is 36.5 Å². The van der Waals surface area contributed by atoms with Crippen LogP contribution in [0.1, 0.15) is 13.3 Å². The molecule has 0 aliphatic carbocycles. The molecule has 1 saturated heterocycles. The summed E-state index contributed by atoms with van der Waals surface area (Å²) in [4.78, 5) is 8.27. The van der Waals surface area contributed by atoms with E-state index in [1.54, 1.807) is 0 Å². The number of nitrogens with one attached hydrogen (secondary N) is 1. The minimum Gasteiger partial charge on any atom is -0.378 e. The summed E-state index contributed by atoms with van der Waals surface area (Å²) < 4.78 is 27.5. The topological polar surface area (TPSA) is 71.0 Å². The van der Waals surface area contributed by atoms with Crippen molar-refractivity contribution in [1.29, 1.82) is 0 Å². The van der Waals surface area contributed by atoms with Crippen molar-refractivity contribution in [2.45, 2.75) is 18.2 Å². The van der Waals surface area contributed by atoms with E-state index in [9.17, 15) is 8.42 Å². The van der Waals surface area contributed by atoms with Crippen LogP contribution in [0.2, 0.25) is 0 Å². The van der Waals surface area contributed by atoms with E-state index >= 15 is 0 Å². The van der Waals surface area contributed by atoms with Crippen molar-refractivity contribution in [3.8, 4) is 0 Å². The third-order valence-corrected chi connectivity index (χ3v) is 6.40. The fourth-order valence-corrected chi connectivity index (χ4v) is 4.32. The molecule has 0 radical (unpaired) electrons. The Labute approximate surface area is 190 Å². The van der Waals surface area contributed by atoms with Crippen LogP contribution in [0.15, 0.2) is 40.2 Å². The minimum atomic E-state index is -2.96. The standard InChI is InChI=1S/C19H31N3O3S2.HI/c1-3-20-19(21-10-12-25-13-14-27(2,23)24)22-11-9-17(15-22)16-26-18-7-5-4-6-8-18;/h4-8,17H,3,9-16H2,1-2H3,(H,20,21);1H. The van der Waals surface area contributed by atoms with E-state index in [2.05, 4.69) is 46.4 Å². The van der Waals surface area contributed by atoms with Crippen LogP contribution >= 0.6 is 35.7 Å². The van der Waals surface area contributed by atoms with Crippen LogP contribution in [-0.4, -0.2) is 76.4 Å². The zero-order valence-corrected chi connectivity index (χ0v) is 20.6. The fourth-order valence-electron chi connectivity index (χ4n) is 2.85. The van der Waals surface area contributed by atoms with Gasteiger partial charge in [0.15, 0.2) is 5.96 Å². The Bertz CT molecular complexity index is 687. The average molecular weight is 542 g/mol. The first-order valence-electron chi connectivity index (χ1n) is 9.44. The maximum Gasteiger partial charge on any atom is 0.194 e. The van der Waals surface area contributed by atoms with Crippen LogP contribution in [0.25, 0.3) is 0 Å². The second-order valence-electron chi connectivity index (χ2n) is 6.70. The summed E-state index contributed by atoms with van der Waals surface area (Å²) in [7, 11) is -2.96. The number of guanidine groups is 1. The number of nitrogens with zero attached hydrogens (tertiary/aromatic N) is 2. The van der Waals surface area contributed by atoms with Crippen LogP contribution < -0.4 is 5.32 Å². The summed E-state index contributed by atoms with van der Waals surface area (Å²) in [6.45, 7) is 6.12. The van der Waals surface area contributed by atoms with Gasteiger partial charge in [-0.3, -0.25) is 4.99 Å². The monoisotopic (exact) mass is 541 g/mol. The van der Waals surface area contributed by atoms with Gasteiger partial charge in [0.2, 0.25) is 0 Å². The van der Waals surface area contributed by atoms with Gasteiger partial charge in [0.1, 0.15) is 9.84 Å². The van der Waals surface area contributed by atoms with Crippen molar-refractivity contribution < 1.29 is 13.2 Å². The summed E-state index contributed by atoms with van der Waals surface area (Å²) in [5, 5.41) is 3.35. The van der Waals surface area contributed by atoms with E-state index in [-0.39, 0.29) is 36.3 Å². The van der Waals surface area contributed by atoms with Gasteiger partial charge in [-0.25, -0.2) is 8.42 Å². The Morgan fingerprint density at radius 2 is 2.07 bits per heavy atom. The van der Waals surface area contributed by atoms with Crippen LogP contribution in [-0.2, 0) is 14.6 Å². The first-order valence-corrected chi connectivity index (χ1v) is 12.5. The highest BCUT2D eigenvalue weighted by atomic mass is 127. The molecule has 0 amide bonds. The molecule has 9 heteroatoms. The van der Waals surface area contributed by atoms with E-state index in [4.69, 9.17) is 4.74 Å². The SMILES string of the molecule is CCNC(=NCCOCCS(C)(=O)=O)N1CCC(CSc2ccccc2)C1.I. The number of sulfone groups is 1. The molecule has 1 aromatic carbocycles. The van der Waals surface area contributed by atoms with Gasteiger partial charge in [-0.05, 0) is 31.4 Å². The molecular weight excluding hydrogens is 509 g/mol. The Morgan fingerprint density at radius 3 is 2.75 bits per heavy atom. The normalized spacial score (nSPS) is 17.4. The number of likely N-dealkylation sites (tertiary alicyclic amines) is 1. The molecule has 0 bridgehead atoms. The van der Waals surface area contributed by atoms with Crippen molar-refractivity contribution in [2.24, 2.45) is 10.9 Å². The van der Waals surface area contributed by atoms with Crippen molar-refractivity contribution in [3.63, 3.8) is 0 Å². The van der Waals surface area contributed by atoms with E-state index in [0.717, 1.165) is 31.3 Å².